The number of rotatable bonds is 3. The predicted octanol–water partition coefficient (Wildman–Crippen LogP) is 3.93. The lowest BCUT2D eigenvalue weighted by Crippen LogP contribution is -2.27. The van der Waals surface area contributed by atoms with Crippen LogP contribution in [-0.4, -0.2) is 13.1 Å². The van der Waals surface area contributed by atoms with Crippen molar-refractivity contribution < 1.29 is 9.53 Å². The Balaban J connectivity index is 2.32. The van der Waals surface area contributed by atoms with Crippen molar-refractivity contribution in [1.29, 1.82) is 0 Å². The van der Waals surface area contributed by atoms with Gasteiger partial charge in [0, 0.05) is 16.9 Å². The van der Waals surface area contributed by atoms with E-state index in [1.807, 2.05) is 25.1 Å². The number of esters is 1. The van der Waals surface area contributed by atoms with E-state index in [1.165, 1.54) is 12.7 Å². The largest absolute Gasteiger partial charge is 0.466 e. The highest BCUT2D eigenvalue weighted by Gasteiger charge is 2.34. The fourth-order valence-electron chi connectivity index (χ4n) is 2.89. The van der Waals surface area contributed by atoms with Gasteiger partial charge in [-0.2, -0.15) is 0 Å². The van der Waals surface area contributed by atoms with Crippen LogP contribution in [0.2, 0.25) is 0 Å². The Labute approximate surface area is 121 Å². The first-order valence-corrected chi connectivity index (χ1v) is 6.98. The van der Waals surface area contributed by atoms with Crippen molar-refractivity contribution in [2.24, 2.45) is 11.3 Å². The summed E-state index contributed by atoms with van der Waals surface area (Å²) in [5, 5.41) is 0. The first-order chi connectivity index (χ1) is 9.45. The Morgan fingerprint density at radius 2 is 1.90 bits per heavy atom. The van der Waals surface area contributed by atoms with Gasteiger partial charge in [0.25, 0.3) is 0 Å². The maximum absolute atomic E-state index is 12.1. The van der Waals surface area contributed by atoms with Gasteiger partial charge in [0.05, 0.1) is 7.11 Å². The Kier molecular flexibility index (Phi) is 4.12. The van der Waals surface area contributed by atoms with Gasteiger partial charge in [-0.1, -0.05) is 61.9 Å². The normalized spacial score (nSPS) is 20.9. The van der Waals surface area contributed by atoms with Crippen molar-refractivity contribution >= 4 is 5.97 Å². The summed E-state index contributed by atoms with van der Waals surface area (Å²) in [5.41, 5.74) is 2.94. The molecule has 1 aromatic rings. The van der Waals surface area contributed by atoms with Crippen molar-refractivity contribution in [3.63, 3.8) is 0 Å². The summed E-state index contributed by atoms with van der Waals surface area (Å²) in [4.78, 5) is 12.1. The highest BCUT2D eigenvalue weighted by atomic mass is 16.5. The van der Waals surface area contributed by atoms with E-state index in [-0.39, 0.29) is 17.3 Å². The van der Waals surface area contributed by atoms with Crippen LogP contribution in [0.3, 0.4) is 0 Å². The fraction of sp³-hybridized carbons (Fsp3) is 0.389. The zero-order valence-electron chi connectivity index (χ0n) is 12.6. The van der Waals surface area contributed by atoms with Crippen LogP contribution in [0.4, 0.5) is 0 Å². The maximum Gasteiger partial charge on any atom is 0.334 e. The first-order valence-electron chi connectivity index (χ1n) is 6.98. The molecule has 0 heterocycles. The van der Waals surface area contributed by atoms with E-state index < -0.39 is 0 Å². The Morgan fingerprint density at radius 3 is 2.50 bits per heavy atom. The van der Waals surface area contributed by atoms with Gasteiger partial charge in [-0.05, 0) is 18.9 Å². The summed E-state index contributed by atoms with van der Waals surface area (Å²) < 4.78 is 4.96. The Hall–Kier alpha value is -1.83. The fourth-order valence-corrected chi connectivity index (χ4v) is 2.89. The summed E-state index contributed by atoms with van der Waals surface area (Å²) in [7, 11) is 1.45. The molecule has 106 valence electrons. The second-order valence-electron chi connectivity index (χ2n) is 5.93. The molecule has 1 aliphatic rings. The minimum atomic E-state index is -0.260. The first kappa shape index (κ1) is 14.6. The molecule has 0 aromatic heterocycles. The van der Waals surface area contributed by atoms with Gasteiger partial charge in [0.2, 0.25) is 0 Å². The molecule has 0 radical (unpaired) electrons. The van der Waals surface area contributed by atoms with E-state index in [4.69, 9.17) is 4.74 Å². The zero-order chi connectivity index (χ0) is 14.8. The number of ether oxygens (including phenoxy) is 1. The molecule has 1 unspecified atom stereocenters. The van der Waals surface area contributed by atoms with Crippen LogP contribution in [-0.2, 0) is 16.0 Å². The third-order valence-corrected chi connectivity index (χ3v) is 4.03. The van der Waals surface area contributed by atoms with E-state index in [0.29, 0.717) is 0 Å². The van der Waals surface area contributed by atoms with Crippen LogP contribution in [0.25, 0.3) is 0 Å². The molecule has 0 spiro atoms. The second kappa shape index (κ2) is 5.66. The molecule has 0 saturated heterocycles. The zero-order valence-corrected chi connectivity index (χ0v) is 12.6. The van der Waals surface area contributed by atoms with Crippen LogP contribution in [0.1, 0.15) is 26.3 Å². The smallest absolute Gasteiger partial charge is 0.334 e. The minimum absolute atomic E-state index is 0.213. The second-order valence-corrected chi connectivity index (χ2v) is 5.93. The molecular formula is C18H22O2. The highest BCUT2D eigenvalue weighted by Crippen LogP contribution is 2.39. The molecule has 0 saturated carbocycles. The van der Waals surface area contributed by atoms with Gasteiger partial charge in [-0.3, -0.25) is 0 Å². The topological polar surface area (TPSA) is 26.3 Å². The van der Waals surface area contributed by atoms with Crippen LogP contribution in [0.5, 0.6) is 0 Å². The van der Waals surface area contributed by atoms with E-state index in [0.717, 1.165) is 17.6 Å². The van der Waals surface area contributed by atoms with E-state index in [2.05, 4.69) is 38.1 Å². The molecule has 0 amide bonds. The highest BCUT2D eigenvalue weighted by molar-refractivity contribution is 5.91. The van der Waals surface area contributed by atoms with Gasteiger partial charge >= 0.3 is 5.97 Å². The SMILES string of the molecule is COC(=O)C1=C(C)C(Cc2ccccc2)C=CC1(C)C. The molecule has 1 aromatic carbocycles. The maximum atomic E-state index is 12.1. The summed E-state index contributed by atoms with van der Waals surface area (Å²) >= 11 is 0. The van der Waals surface area contributed by atoms with E-state index in [1.54, 1.807) is 0 Å². The van der Waals surface area contributed by atoms with E-state index in [9.17, 15) is 4.79 Å². The van der Waals surface area contributed by atoms with Gasteiger partial charge in [0.15, 0.2) is 0 Å². The van der Waals surface area contributed by atoms with Crippen molar-refractivity contribution in [3.05, 3.63) is 59.2 Å². The molecule has 20 heavy (non-hydrogen) atoms. The number of hydrogen-bond donors (Lipinski definition) is 0. The van der Waals surface area contributed by atoms with E-state index >= 15 is 0 Å². The minimum Gasteiger partial charge on any atom is -0.466 e. The van der Waals surface area contributed by atoms with Gasteiger partial charge in [-0.15, -0.1) is 0 Å². The lowest BCUT2D eigenvalue weighted by atomic mass is 9.72. The lowest BCUT2D eigenvalue weighted by Gasteiger charge is -2.32. The quantitative estimate of drug-likeness (QED) is 0.614. The standard InChI is InChI=1S/C18H22O2/c1-13-15(12-14-8-6-5-7-9-14)10-11-18(2,3)16(13)17(19)20-4/h5-11,15H,12H2,1-4H3. The molecule has 2 rings (SSSR count). The monoisotopic (exact) mass is 270 g/mol. The summed E-state index contributed by atoms with van der Waals surface area (Å²) in [6, 6.07) is 10.4. The van der Waals surface area contributed by atoms with Crippen LogP contribution in [0.15, 0.2) is 53.6 Å². The number of carbonyl (C=O) groups excluding carboxylic acids is 1. The molecule has 0 aliphatic heterocycles. The number of carbonyl (C=O) groups is 1. The molecule has 1 atom stereocenters. The van der Waals surface area contributed by atoms with Gasteiger partial charge in [-0.25, -0.2) is 4.79 Å². The Bertz CT molecular complexity index is 550. The molecule has 0 fully saturated rings. The summed E-state index contributed by atoms with van der Waals surface area (Å²) in [5.74, 6) is 0.0504. The van der Waals surface area contributed by atoms with Crippen molar-refractivity contribution in [1.82, 2.24) is 0 Å². The van der Waals surface area contributed by atoms with Crippen molar-refractivity contribution in [2.75, 3.05) is 7.11 Å². The lowest BCUT2D eigenvalue weighted by molar-refractivity contribution is -0.137. The number of allylic oxidation sites excluding steroid dienone is 3. The van der Waals surface area contributed by atoms with Crippen LogP contribution >= 0.6 is 0 Å². The molecule has 1 aliphatic carbocycles. The third-order valence-electron chi connectivity index (χ3n) is 4.03. The van der Waals surface area contributed by atoms with Gasteiger partial charge < -0.3 is 4.74 Å². The van der Waals surface area contributed by atoms with Crippen molar-refractivity contribution in [2.45, 2.75) is 27.2 Å². The predicted molar refractivity (Wildman–Crippen MR) is 81.3 cm³/mol. The molecule has 2 heteroatoms. The molecule has 0 N–H and O–H groups in total. The molecule has 2 nitrogen and oxygen atoms in total. The number of benzene rings is 1. The molecule has 0 bridgehead atoms. The average molecular weight is 270 g/mol. The van der Waals surface area contributed by atoms with Crippen LogP contribution < -0.4 is 0 Å². The summed E-state index contributed by atoms with van der Waals surface area (Å²) in [6.45, 7) is 6.15. The number of methoxy groups -OCH3 is 1. The van der Waals surface area contributed by atoms with Gasteiger partial charge in [0.1, 0.15) is 0 Å². The Morgan fingerprint density at radius 1 is 1.25 bits per heavy atom. The van der Waals surface area contributed by atoms with Crippen molar-refractivity contribution in [3.8, 4) is 0 Å². The summed E-state index contributed by atoms with van der Waals surface area (Å²) in [6.07, 6.45) is 5.26. The average Bonchev–Trinajstić information content (AvgIpc) is 2.43. The number of hydrogen-bond acceptors (Lipinski definition) is 2. The molecular weight excluding hydrogens is 248 g/mol. The van der Waals surface area contributed by atoms with Crippen LogP contribution in [0, 0.1) is 11.3 Å². The third kappa shape index (κ3) is 2.84.